The monoisotopic (exact) mass is 176 g/mol. The molecule has 0 radical (unpaired) electrons. The minimum absolute atomic E-state index is 0.421. The summed E-state index contributed by atoms with van der Waals surface area (Å²) in [5.41, 5.74) is 0.884. The predicted octanol–water partition coefficient (Wildman–Crippen LogP) is 2.36. The summed E-state index contributed by atoms with van der Waals surface area (Å²) in [4.78, 5) is 0. The molecule has 0 atom stereocenters. The first-order chi connectivity index (χ1) is 5.84. The molecule has 0 amide bonds. The van der Waals surface area contributed by atoms with Gasteiger partial charge in [0.25, 0.3) is 0 Å². The van der Waals surface area contributed by atoms with E-state index in [-0.39, 0.29) is 0 Å². The second kappa shape index (κ2) is 4.53. The van der Waals surface area contributed by atoms with Gasteiger partial charge < -0.3 is 4.74 Å². The van der Waals surface area contributed by atoms with E-state index in [9.17, 15) is 0 Å². The van der Waals surface area contributed by atoms with Gasteiger partial charge in [-0.05, 0) is 12.2 Å². The van der Waals surface area contributed by atoms with Crippen LogP contribution in [0.4, 0.5) is 0 Å². The van der Waals surface area contributed by atoms with E-state index in [0.29, 0.717) is 5.05 Å². The normalized spacial score (nSPS) is 8.08. The lowest BCUT2D eigenvalue weighted by atomic mass is 10.2. The lowest BCUT2D eigenvalue weighted by Gasteiger charge is -1.97. The number of hydrogen-bond acceptors (Lipinski definition) is 2. The van der Waals surface area contributed by atoms with Gasteiger partial charge in [0.2, 0.25) is 5.05 Å². The maximum atomic E-state index is 4.96. The second-order valence-electron chi connectivity index (χ2n) is 2.11. The van der Waals surface area contributed by atoms with Crippen LogP contribution in [0.1, 0.15) is 12.5 Å². The molecule has 12 heavy (non-hydrogen) atoms. The van der Waals surface area contributed by atoms with Gasteiger partial charge in [-0.25, -0.2) is 0 Å². The summed E-state index contributed by atoms with van der Waals surface area (Å²) < 4.78 is 4.95. The third-order valence-electron chi connectivity index (χ3n) is 1.26. The minimum atomic E-state index is 0.421. The van der Waals surface area contributed by atoms with Gasteiger partial charge in [0.1, 0.15) is 6.11 Å². The highest BCUT2D eigenvalue weighted by Crippen LogP contribution is 2.01. The van der Waals surface area contributed by atoms with Gasteiger partial charge >= 0.3 is 0 Å². The molecular formula is C10H8OS. The molecule has 0 bridgehead atoms. The lowest BCUT2D eigenvalue weighted by Crippen LogP contribution is -1.97. The molecule has 0 aliphatic heterocycles. The van der Waals surface area contributed by atoms with Crippen LogP contribution in [-0.4, -0.2) is 5.05 Å². The van der Waals surface area contributed by atoms with Crippen molar-refractivity contribution in [3.63, 3.8) is 0 Å². The van der Waals surface area contributed by atoms with Crippen LogP contribution in [0.15, 0.2) is 30.3 Å². The Morgan fingerprint density at radius 1 is 1.33 bits per heavy atom. The van der Waals surface area contributed by atoms with Crippen LogP contribution in [0.2, 0.25) is 0 Å². The van der Waals surface area contributed by atoms with Crippen molar-refractivity contribution in [1.82, 2.24) is 0 Å². The first kappa shape index (κ1) is 8.76. The van der Waals surface area contributed by atoms with Crippen LogP contribution in [0.5, 0.6) is 0 Å². The Morgan fingerprint density at radius 2 is 2.00 bits per heavy atom. The molecule has 0 saturated heterocycles. The zero-order chi connectivity index (χ0) is 8.81. The Kier molecular flexibility index (Phi) is 3.31. The smallest absolute Gasteiger partial charge is 0.210 e. The fourth-order valence-electron chi connectivity index (χ4n) is 0.731. The van der Waals surface area contributed by atoms with Gasteiger partial charge in [-0.3, -0.25) is 0 Å². The quantitative estimate of drug-likeness (QED) is 0.480. The maximum Gasteiger partial charge on any atom is 0.210 e. The van der Waals surface area contributed by atoms with E-state index in [1.807, 2.05) is 30.3 Å². The van der Waals surface area contributed by atoms with Crippen molar-refractivity contribution in [1.29, 1.82) is 0 Å². The third kappa shape index (κ3) is 2.37. The van der Waals surface area contributed by atoms with E-state index in [1.54, 1.807) is 6.92 Å². The number of benzene rings is 1. The Labute approximate surface area is 77.4 Å². The van der Waals surface area contributed by atoms with Gasteiger partial charge in [0, 0.05) is 12.5 Å². The van der Waals surface area contributed by atoms with Crippen molar-refractivity contribution >= 4 is 17.3 Å². The molecule has 0 saturated carbocycles. The number of thiocarbonyl (C=S) groups is 1. The van der Waals surface area contributed by atoms with Crippen LogP contribution < -0.4 is 0 Å². The molecule has 0 unspecified atom stereocenters. The van der Waals surface area contributed by atoms with Crippen molar-refractivity contribution in [2.45, 2.75) is 6.92 Å². The number of ether oxygens (including phenoxy) is 1. The fraction of sp³-hybridized carbons (Fsp3) is 0.100. The van der Waals surface area contributed by atoms with Crippen molar-refractivity contribution < 1.29 is 4.74 Å². The molecule has 0 N–H and O–H groups in total. The maximum absolute atomic E-state index is 4.96. The SMILES string of the molecule is CC#COC(=S)c1ccccc1. The topological polar surface area (TPSA) is 9.23 Å². The summed E-state index contributed by atoms with van der Waals surface area (Å²) in [5, 5.41) is 0.421. The molecule has 0 heterocycles. The molecule has 1 rings (SSSR count). The first-order valence-electron chi connectivity index (χ1n) is 3.52. The summed E-state index contributed by atoms with van der Waals surface area (Å²) in [7, 11) is 0. The zero-order valence-electron chi connectivity index (χ0n) is 6.70. The highest BCUT2D eigenvalue weighted by Gasteiger charge is 1.97. The zero-order valence-corrected chi connectivity index (χ0v) is 7.52. The Morgan fingerprint density at radius 3 is 2.58 bits per heavy atom. The molecule has 0 spiro atoms. The minimum Gasteiger partial charge on any atom is -0.395 e. The van der Waals surface area contributed by atoms with Crippen LogP contribution in [0.3, 0.4) is 0 Å². The highest BCUT2D eigenvalue weighted by molar-refractivity contribution is 7.80. The van der Waals surface area contributed by atoms with E-state index < -0.39 is 0 Å². The van der Waals surface area contributed by atoms with E-state index in [2.05, 4.69) is 12.0 Å². The van der Waals surface area contributed by atoms with Crippen molar-refractivity contribution in [3.8, 4) is 12.0 Å². The van der Waals surface area contributed by atoms with Gasteiger partial charge in [0.05, 0.1) is 0 Å². The molecule has 0 aliphatic rings. The van der Waals surface area contributed by atoms with Gasteiger partial charge in [-0.15, -0.1) is 0 Å². The van der Waals surface area contributed by atoms with Gasteiger partial charge in [-0.2, -0.15) is 0 Å². The Hall–Kier alpha value is -1.33. The molecule has 0 aliphatic carbocycles. The van der Waals surface area contributed by atoms with Crippen molar-refractivity contribution in [2.75, 3.05) is 0 Å². The average molecular weight is 176 g/mol. The average Bonchev–Trinajstić information content (AvgIpc) is 2.15. The second-order valence-corrected chi connectivity index (χ2v) is 2.48. The Bertz CT molecular complexity index is 319. The summed E-state index contributed by atoms with van der Waals surface area (Å²) in [6, 6.07) is 9.52. The molecule has 1 nitrogen and oxygen atoms in total. The van der Waals surface area contributed by atoms with Crippen molar-refractivity contribution in [2.24, 2.45) is 0 Å². The van der Waals surface area contributed by atoms with Gasteiger partial charge in [0.15, 0.2) is 0 Å². The van der Waals surface area contributed by atoms with E-state index in [4.69, 9.17) is 17.0 Å². The summed E-state index contributed by atoms with van der Waals surface area (Å²) in [6.45, 7) is 1.70. The molecule has 60 valence electrons. The van der Waals surface area contributed by atoms with Crippen LogP contribution in [0.25, 0.3) is 0 Å². The predicted molar refractivity (Wildman–Crippen MR) is 52.7 cm³/mol. The van der Waals surface area contributed by atoms with Gasteiger partial charge in [-0.1, -0.05) is 36.3 Å². The van der Waals surface area contributed by atoms with Crippen molar-refractivity contribution in [3.05, 3.63) is 35.9 Å². The highest BCUT2D eigenvalue weighted by atomic mass is 32.1. The van der Waals surface area contributed by atoms with E-state index in [1.165, 1.54) is 0 Å². The molecular weight excluding hydrogens is 168 g/mol. The first-order valence-corrected chi connectivity index (χ1v) is 3.93. The molecule has 2 heteroatoms. The summed E-state index contributed by atoms with van der Waals surface area (Å²) in [6.07, 6.45) is 2.46. The molecule has 1 aromatic rings. The van der Waals surface area contributed by atoms with E-state index >= 15 is 0 Å². The molecule has 0 aromatic heterocycles. The van der Waals surface area contributed by atoms with Crippen LogP contribution in [0, 0.1) is 12.0 Å². The standard InChI is InChI=1S/C10H8OS/c1-2-8-11-10(12)9-6-4-3-5-7-9/h3-7H,1H3. The van der Waals surface area contributed by atoms with Crippen LogP contribution in [-0.2, 0) is 4.74 Å². The lowest BCUT2D eigenvalue weighted by molar-refractivity contribution is 0.527. The number of hydrogen-bond donors (Lipinski definition) is 0. The fourth-order valence-corrected chi connectivity index (χ4v) is 0.908. The third-order valence-corrected chi connectivity index (χ3v) is 1.57. The Balaban J connectivity index is 2.70. The summed E-state index contributed by atoms with van der Waals surface area (Å²) >= 11 is 4.96. The molecule has 1 aromatic carbocycles. The largest absolute Gasteiger partial charge is 0.395 e. The summed E-state index contributed by atoms with van der Waals surface area (Å²) in [5.74, 6) is 2.61. The van der Waals surface area contributed by atoms with Crippen LogP contribution >= 0.6 is 12.2 Å². The van der Waals surface area contributed by atoms with E-state index in [0.717, 1.165) is 5.56 Å². The molecule has 0 fully saturated rings. The number of rotatable bonds is 1.